The topological polar surface area (TPSA) is 17.1 Å². The van der Waals surface area contributed by atoms with E-state index in [9.17, 15) is 13.6 Å². The van der Waals surface area contributed by atoms with Crippen molar-refractivity contribution in [2.75, 3.05) is 5.75 Å². The Balaban J connectivity index is 2.09. The van der Waals surface area contributed by atoms with Gasteiger partial charge in [-0.2, -0.15) is 0 Å². The Morgan fingerprint density at radius 1 is 1.12 bits per heavy atom. The molecule has 0 aliphatic carbocycles. The molecule has 0 N–H and O–H groups in total. The zero-order chi connectivity index (χ0) is 12.5. The van der Waals surface area contributed by atoms with E-state index in [0.717, 1.165) is 12.8 Å². The van der Waals surface area contributed by atoms with Gasteiger partial charge in [-0.1, -0.05) is 48.5 Å². The number of benzene rings is 1. The van der Waals surface area contributed by atoms with Gasteiger partial charge in [-0.25, -0.2) is 8.78 Å². The molecule has 0 saturated carbocycles. The summed E-state index contributed by atoms with van der Waals surface area (Å²) in [7, 11) is 0. The summed E-state index contributed by atoms with van der Waals surface area (Å²) in [5.41, 5.74) is 0.699. The van der Waals surface area contributed by atoms with E-state index in [1.54, 1.807) is 12.1 Å². The molecule has 0 bridgehead atoms. The molecule has 0 aliphatic rings. The number of unbranched alkanes of at least 4 members (excludes halogenated alkanes) is 2. The van der Waals surface area contributed by atoms with Crippen LogP contribution < -0.4 is 0 Å². The smallest absolute Gasteiger partial charge is 0.238 e. The van der Waals surface area contributed by atoms with Crippen molar-refractivity contribution in [2.24, 2.45) is 0 Å². The fraction of sp³-hybridized carbons (Fsp3) is 0.462. The van der Waals surface area contributed by atoms with Crippen molar-refractivity contribution in [2.45, 2.75) is 32.1 Å². The predicted molar refractivity (Wildman–Crippen MR) is 67.7 cm³/mol. The second kappa shape index (κ2) is 8.23. The van der Waals surface area contributed by atoms with Gasteiger partial charge in [0.1, 0.15) is 0 Å². The second-order valence-corrected chi connectivity index (χ2v) is 4.81. The molecular weight excluding hydrogens is 242 g/mol. The van der Waals surface area contributed by atoms with Crippen LogP contribution in [0.2, 0.25) is 0 Å². The van der Waals surface area contributed by atoms with Gasteiger partial charge < -0.3 is 0 Å². The molecule has 0 spiro atoms. The van der Waals surface area contributed by atoms with Crippen LogP contribution in [0, 0.1) is 0 Å². The molecule has 0 unspecified atom stereocenters. The quantitative estimate of drug-likeness (QED) is 0.675. The Morgan fingerprint density at radius 2 is 1.82 bits per heavy atom. The molecule has 0 atom stereocenters. The Morgan fingerprint density at radius 3 is 2.47 bits per heavy atom. The van der Waals surface area contributed by atoms with Gasteiger partial charge in [0.15, 0.2) is 0 Å². The fourth-order valence-electron chi connectivity index (χ4n) is 1.40. The highest BCUT2D eigenvalue weighted by Crippen LogP contribution is 2.15. The summed E-state index contributed by atoms with van der Waals surface area (Å²) in [6.45, 7) is 0. The Kier molecular flexibility index (Phi) is 6.86. The van der Waals surface area contributed by atoms with Gasteiger partial charge in [0, 0.05) is 17.7 Å². The number of hydrogen-bond acceptors (Lipinski definition) is 2. The first-order valence-electron chi connectivity index (χ1n) is 5.70. The molecule has 0 fully saturated rings. The minimum Gasteiger partial charge on any atom is -0.282 e. The molecule has 94 valence electrons. The maximum Gasteiger partial charge on any atom is 0.238 e. The van der Waals surface area contributed by atoms with Crippen LogP contribution in [0.1, 0.15) is 36.0 Å². The summed E-state index contributed by atoms with van der Waals surface area (Å²) < 4.78 is 23.7. The average Bonchev–Trinajstić information content (AvgIpc) is 2.34. The zero-order valence-electron chi connectivity index (χ0n) is 9.57. The van der Waals surface area contributed by atoms with Crippen LogP contribution in [0.4, 0.5) is 8.78 Å². The van der Waals surface area contributed by atoms with Crippen molar-refractivity contribution in [3.63, 3.8) is 0 Å². The Labute approximate surface area is 105 Å². The van der Waals surface area contributed by atoms with Gasteiger partial charge in [-0.05, 0) is 12.8 Å². The first-order chi connectivity index (χ1) is 8.20. The lowest BCUT2D eigenvalue weighted by Gasteiger charge is -2.01. The molecule has 1 aromatic rings. The van der Waals surface area contributed by atoms with E-state index in [4.69, 9.17) is 0 Å². The lowest BCUT2D eigenvalue weighted by molar-refractivity contribution is 0.108. The van der Waals surface area contributed by atoms with E-state index in [-0.39, 0.29) is 11.5 Å². The lowest BCUT2D eigenvalue weighted by Crippen LogP contribution is -1.95. The predicted octanol–water partition coefficient (Wildman–Crippen LogP) is 4.39. The standard InChI is InChI=1S/C13H16F2OS/c14-12(15)9-5-2-6-10-17-13(16)11-7-3-1-4-8-11/h1,3-4,7-8,12H,2,5-6,9-10H2. The van der Waals surface area contributed by atoms with Crippen LogP contribution in [0.3, 0.4) is 0 Å². The van der Waals surface area contributed by atoms with Crippen LogP contribution in [0.25, 0.3) is 0 Å². The summed E-state index contributed by atoms with van der Waals surface area (Å²) in [5, 5.41) is 0.0551. The molecule has 0 amide bonds. The number of alkyl halides is 2. The number of carbonyl (C=O) groups excluding carboxylic acids is 1. The zero-order valence-corrected chi connectivity index (χ0v) is 10.4. The molecule has 0 radical (unpaired) electrons. The number of carbonyl (C=O) groups is 1. The van der Waals surface area contributed by atoms with Crippen molar-refractivity contribution in [1.82, 2.24) is 0 Å². The number of halogens is 2. The van der Waals surface area contributed by atoms with E-state index >= 15 is 0 Å². The summed E-state index contributed by atoms with van der Waals surface area (Å²) in [4.78, 5) is 11.6. The number of rotatable bonds is 7. The molecule has 1 aromatic carbocycles. The van der Waals surface area contributed by atoms with Crippen molar-refractivity contribution in [1.29, 1.82) is 0 Å². The molecule has 0 saturated heterocycles. The maximum absolute atomic E-state index is 11.8. The monoisotopic (exact) mass is 258 g/mol. The molecular formula is C13H16F2OS. The van der Waals surface area contributed by atoms with Crippen LogP contribution in [0.15, 0.2) is 30.3 Å². The highest BCUT2D eigenvalue weighted by molar-refractivity contribution is 8.14. The summed E-state index contributed by atoms with van der Waals surface area (Å²) in [6.07, 6.45) is -0.113. The van der Waals surface area contributed by atoms with Crippen LogP contribution in [0.5, 0.6) is 0 Å². The molecule has 1 nitrogen and oxygen atoms in total. The molecule has 4 heteroatoms. The minimum atomic E-state index is -2.20. The maximum atomic E-state index is 11.8. The van der Waals surface area contributed by atoms with Crippen molar-refractivity contribution in [3.05, 3.63) is 35.9 Å². The Bertz CT molecular complexity index is 327. The van der Waals surface area contributed by atoms with Crippen molar-refractivity contribution in [3.8, 4) is 0 Å². The van der Waals surface area contributed by atoms with E-state index in [1.807, 2.05) is 18.2 Å². The lowest BCUT2D eigenvalue weighted by atomic mass is 10.2. The van der Waals surface area contributed by atoms with Gasteiger partial charge in [-0.15, -0.1) is 0 Å². The minimum absolute atomic E-state index is 0.0305. The number of thioether (sulfide) groups is 1. The molecule has 17 heavy (non-hydrogen) atoms. The molecule has 0 aromatic heterocycles. The second-order valence-electron chi connectivity index (χ2n) is 3.74. The van der Waals surface area contributed by atoms with Crippen LogP contribution in [-0.4, -0.2) is 17.3 Å². The number of hydrogen-bond donors (Lipinski definition) is 0. The third-order valence-corrected chi connectivity index (χ3v) is 3.30. The SMILES string of the molecule is O=C(SCCCCCC(F)F)c1ccccc1. The highest BCUT2D eigenvalue weighted by atomic mass is 32.2. The van der Waals surface area contributed by atoms with Crippen LogP contribution >= 0.6 is 11.8 Å². The third-order valence-electron chi connectivity index (χ3n) is 2.31. The highest BCUT2D eigenvalue weighted by Gasteiger charge is 2.05. The van der Waals surface area contributed by atoms with E-state index in [2.05, 4.69) is 0 Å². The first kappa shape index (κ1) is 14.2. The third kappa shape index (κ3) is 6.41. The first-order valence-corrected chi connectivity index (χ1v) is 6.69. The average molecular weight is 258 g/mol. The molecule has 0 heterocycles. The van der Waals surface area contributed by atoms with Gasteiger partial charge in [0.05, 0.1) is 0 Å². The fourth-order valence-corrected chi connectivity index (χ4v) is 2.24. The van der Waals surface area contributed by atoms with E-state index < -0.39 is 6.43 Å². The van der Waals surface area contributed by atoms with E-state index in [0.29, 0.717) is 17.7 Å². The Hall–Kier alpha value is -0.900. The normalized spacial score (nSPS) is 10.8. The summed E-state index contributed by atoms with van der Waals surface area (Å²) in [6, 6.07) is 9.09. The van der Waals surface area contributed by atoms with E-state index in [1.165, 1.54) is 11.8 Å². The van der Waals surface area contributed by atoms with Gasteiger partial charge in [0.25, 0.3) is 0 Å². The molecule has 0 aliphatic heterocycles. The summed E-state index contributed by atoms with van der Waals surface area (Å²) in [5.74, 6) is 0.705. The van der Waals surface area contributed by atoms with Gasteiger partial charge in [-0.3, -0.25) is 4.79 Å². The van der Waals surface area contributed by atoms with Crippen LogP contribution in [-0.2, 0) is 0 Å². The van der Waals surface area contributed by atoms with Gasteiger partial charge in [0.2, 0.25) is 11.5 Å². The van der Waals surface area contributed by atoms with Crippen molar-refractivity contribution < 1.29 is 13.6 Å². The van der Waals surface area contributed by atoms with Crippen molar-refractivity contribution >= 4 is 16.9 Å². The summed E-state index contributed by atoms with van der Waals surface area (Å²) >= 11 is 1.26. The largest absolute Gasteiger partial charge is 0.282 e. The molecule has 1 rings (SSSR count). The van der Waals surface area contributed by atoms with Gasteiger partial charge >= 0.3 is 0 Å².